The van der Waals surface area contributed by atoms with Crippen LogP contribution in [0.2, 0.25) is 0 Å². The number of benzene rings is 2. The average Bonchev–Trinajstić information content (AvgIpc) is 2.55. The normalized spacial score (nSPS) is 22.9. The number of guanidine groups is 1. The van der Waals surface area contributed by atoms with Crippen molar-refractivity contribution < 1.29 is 4.74 Å². The Morgan fingerprint density at radius 1 is 1.12 bits per heavy atom. The fourth-order valence-corrected chi connectivity index (χ4v) is 3.20. The molecule has 24 heavy (non-hydrogen) atoms. The highest BCUT2D eigenvalue weighted by Gasteiger charge is 2.41. The van der Waals surface area contributed by atoms with Gasteiger partial charge in [0.05, 0.1) is 13.2 Å². The van der Waals surface area contributed by atoms with E-state index >= 15 is 0 Å². The highest BCUT2D eigenvalue weighted by Crippen LogP contribution is 2.44. The molecule has 0 radical (unpaired) electrons. The molecule has 0 heterocycles. The van der Waals surface area contributed by atoms with Crippen molar-refractivity contribution in [1.29, 1.82) is 0 Å². The van der Waals surface area contributed by atoms with Crippen molar-refractivity contribution in [2.24, 2.45) is 10.7 Å². The molecule has 2 aromatic rings. The number of nitrogens with zero attached hydrogens (tertiary/aromatic N) is 1. The second-order valence-electron chi connectivity index (χ2n) is 6.36. The fourth-order valence-electron chi connectivity index (χ4n) is 3.20. The molecule has 2 aromatic carbocycles. The van der Waals surface area contributed by atoms with Crippen molar-refractivity contribution in [3.05, 3.63) is 60.2 Å². The van der Waals surface area contributed by atoms with Crippen LogP contribution in [0.4, 0.5) is 5.69 Å². The third kappa shape index (κ3) is 4.20. The second kappa shape index (κ2) is 7.88. The molecule has 1 aliphatic rings. The molecule has 3 rings (SSSR count). The lowest BCUT2D eigenvalue weighted by atomic mass is 9.63. The van der Waals surface area contributed by atoms with Gasteiger partial charge in [0.15, 0.2) is 5.96 Å². The molecule has 1 saturated carbocycles. The molecule has 1 aliphatic carbocycles. The summed E-state index contributed by atoms with van der Waals surface area (Å²) in [7, 11) is 1.65. The number of ether oxygens (including phenoxy) is 1. The monoisotopic (exact) mass is 437 g/mol. The lowest BCUT2D eigenvalue weighted by molar-refractivity contribution is 0.229. The maximum atomic E-state index is 6.02. The van der Waals surface area contributed by atoms with Gasteiger partial charge in [-0.25, -0.2) is 4.99 Å². The Kier molecular flexibility index (Phi) is 6.10. The Morgan fingerprint density at radius 2 is 1.75 bits per heavy atom. The number of rotatable bonds is 4. The van der Waals surface area contributed by atoms with Crippen molar-refractivity contribution in [3.8, 4) is 5.75 Å². The number of methoxy groups -OCH3 is 1. The SMILES string of the molecule is COc1ccc(NC(N)=NC2CC(C)(c3ccccc3)C2)cc1.I. The molecule has 1 fully saturated rings. The van der Waals surface area contributed by atoms with E-state index in [2.05, 4.69) is 47.6 Å². The molecule has 0 saturated heterocycles. The van der Waals surface area contributed by atoms with Crippen LogP contribution >= 0.6 is 24.0 Å². The third-order valence-corrected chi connectivity index (χ3v) is 4.53. The van der Waals surface area contributed by atoms with Crippen LogP contribution in [0.5, 0.6) is 5.75 Å². The summed E-state index contributed by atoms with van der Waals surface area (Å²) in [6.45, 7) is 2.29. The summed E-state index contributed by atoms with van der Waals surface area (Å²) >= 11 is 0. The van der Waals surface area contributed by atoms with Gasteiger partial charge >= 0.3 is 0 Å². The van der Waals surface area contributed by atoms with E-state index < -0.39 is 0 Å². The summed E-state index contributed by atoms with van der Waals surface area (Å²) in [5.74, 6) is 1.29. The summed E-state index contributed by atoms with van der Waals surface area (Å²) in [6, 6.07) is 18.6. The van der Waals surface area contributed by atoms with Gasteiger partial charge in [0, 0.05) is 5.69 Å². The first-order valence-corrected chi connectivity index (χ1v) is 7.89. The van der Waals surface area contributed by atoms with Crippen LogP contribution in [0.25, 0.3) is 0 Å². The van der Waals surface area contributed by atoms with Gasteiger partial charge in [-0.05, 0) is 48.1 Å². The summed E-state index contributed by atoms with van der Waals surface area (Å²) in [4.78, 5) is 4.59. The van der Waals surface area contributed by atoms with Crippen molar-refractivity contribution in [3.63, 3.8) is 0 Å². The number of nitrogens with one attached hydrogen (secondary N) is 1. The van der Waals surface area contributed by atoms with Gasteiger partial charge in [-0.1, -0.05) is 37.3 Å². The van der Waals surface area contributed by atoms with Gasteiger partial charge in [-0.3, -0.25) is 0 Å². The van der Waals surface area contributed by atoms with E-state index in [1.165, 1.54) is 5.56 Å². The molecular formula is C19H24IN3O. The van der Waals surface area contributed by atoms with E-state index in [9.17, 15) is 0 Å². The minimum Gasteiger partial charge on any atom is -0.497 e. The zero-order chi connectivity index (χ0) is 16.3. The van der Waals surface area contributed by atoms with E-state index in [4.69, 9.17) is 10.5 Å². The molecule has 128 valence electrons. The molecule has 0 bridgehead atoms. The maximum absolute atomic E-state index is 6.02. The standard InChI is InChI=1S/C19H23N3O.HI/c1-19(14-6-4-3-5-7-14)12-16(13-19)22-18(20)21-15-8-10-17(23-2)11-9-15;/h3-11,16H,12-13H2,1-2H3,(H3,20,21,22);1H. The van der Waals surface area contributed by atoms with Crippen LogP contribution < -0.4 is 15.8 Å². The van der Waals surface area contributed by atoms with Gasteiger partial charge in [0.1, 0.15) is 5.75 Å². The van der Waals surface area contributed by atoms with Gasteiger partial charge in [0.2, 0.25) is 0 Å². The number of aliphatic imine (C=N–C) groups is 1. The van der Waals surface area contributed by atoms with E-state index in [0.29, 0.717) is 5.96 Å². The highest BCUT2D eigenvalue weighted by molar-refractivity contribution is 14.0. The van der Waals surface area contributed by atoms with Crippen LogP contribution in [0.3, 0.4) is 0 Å². The molecule has 0 amide bonds. The molecule has 0 aromatic heterocycles. The smallest absolute Gasteiger partial charge is 0.193 e. The maximum Gasteiger partial charge on any atom is 0.193 e. The number of nitrogens with two attached hydrogens (primary N) is 1. The summed E-state index contributed by atoms with van der Waals surface area (Å²) in [6.07, 6.45) is 2.06. The van der Waals surface area contributed by atoms with Crippen molar-refractivity contribution >= 4 is 35.6 Å². The quantitative estimate of drug-likeness (QED) is 0.429. The van der Waals surface area contributed by atoms with E-state index in [-0.39, 0.29) is 35.4 Å². The lowest BCUT2D eigenvalue weighted by Gasteiger charge is -2.44. The predicted molar refractivity (Wildman–Crippen MR) is 110 cm³/mol. The van der Waals surface area contributed by atoms with Crippen LogP contribution in [-0.4, -0.2) is 19.1 Å². The largest absolute Gasteiger partial charge is 0.497 e. The van der Waals surface area contributed by atoms with Crippen molar-refractivity contribution in [1.82, 2.24) is 0 Å². The van der Waals surface area contributed by atoms with E-state index in [1.807, 2.05) is 24.3 Å². The molecule has 0 atom stereocenters. The number of hydrogen-bond donors (Lipinski definition) is 2. The van der Waals surface area contributed by atoms with E-state index in [1.54, 1.807) is 7.11 Å². The predicted octanol–water partition coefficient (Wildman–Crippen LogP) is 4.16. The first kappa shape index (κ1) is 18.6. The minimum absolute atomic E-state index is 0. The Labute approximate surface area is 160 Å². The van der Waals surface area contributed by atoms with E-state index in [0.717, 1.165) is 24.3 Å². The number of anilines is 1. The minimum atomic E-state index is 0. The summed E-state index contributed by atoms with van der Waals surface area (Å²) < 4.78 is 5.14. The zero-order valence-electron chi connectivity index (χ0n) is 14.0. The van der Waals surface area contributed by atoms with Gasteiger partial charge in [0.25, 0.3) is 0 Å². The third-order valence-electron chi connectivity index (χ3n) is 4.53. The van der Waals surface area contributed by atoms with Gasteiger partial charge in [-0.15, -0.1) is 24.0 Å². The molecule has 0 spiro atoms. The number of hydrogen-bond acceptors (Lipinski definition) is 2. The van der Waals surface area contributed by atoms with Crippen LogP contribution in [0.15, 0.2) is 59.6 Å². The fraction of sp³-hybridized carbons (Fsp3) is 0.316. The van der Waals surface area contributed by atoms with Crippen molar-refractivity contribution in [2.75, 3.05) is 12.4 Å². The van der Waals surface area contributed by atoms with Crippen LogP contribution in [0, 0.1) is 0 Å². The first-order valence-electron chi connectivity index (χ1n) is 7.89. The van der Waals surface area contributed by atoms with Crippen LogP contribution in [0.1, 0.15) is 25.3 Å². The topological polar surface area (TPSA) is 59.6 Å². The van der Waals surface area contributed by atoms with Crippen molar-refractivity contribution in [2.45, 2.75) is 31.2 Å². The summed E-state index contributed by atoms with van der Waals surface area (Å²) in [5, 5.41) is 3.13. The Bertz CT molecular complexity index is 680. The second-order valence-corrected chi connectivity index (χ2v) is 6.36. The lowest BCUT2D eigenvalue weighted by Crippen LogP contribution is -2.42. The van der Waals surface area contributed by atoms with Crippen LogP contribution in [-0.2, 0) is 5.41 Å². The molecule has 0 aliphatic heterocycles. The Balaban J connectivity index is 0.00000208. The molecule has 4 nitrogen and oxygen atoms in total. The Morgan fingerprint density at radius 3 is 2.33 bits per heavy atom. The number of halogens is 1. The highest BCUT2D eigenvalue weighted by atomic mass is 127. The molecule has 0 unspecified atom stereocenters. The summed E-state index contributed by atoms with van der Waals surface area (Å²) in [5.41, 5.74) is 8.54. The average molecular weight is 437 g/mol. The molecule has 3 N–H and O–H groups in total. The van der Waals surface area contributed by atoms with Gasteiger partial charge < -0.3 is 15.8 Å². The zero-order valence-corrected chi connectivity index (χ0v) is 16.4. The Hall–Kier alpha value is -1.76. The van der Waals surface area contributed by atoms with Gasteiger partial charge in [-0.2, -0.15) is 0 Å². The molecular weight excluding hydrogens is 413 g/mol. The molecule has 5 heteroatoms. The first-order chi connectivity index (χ1) is 11.1.